The Hall–Kier alpha value is -1.95. The molecule has 1 aromatic rings. The van der Waals surface area contributed by atoms with Crippen LogP contribution in [0.3, 0.4) is 0 Å². The van der Waals surface area contributed by atoms with Crippen molar-refractivity contribution in [1.82, 2.24) is 0 Å². The molecule has 124 valence electrons. The molecule has 1 aromatic carbocycles. The van der Waals surface area contributed by atoms with E-state index in [4.69, 9.17) is 30.9 Å². The molecular formula is C16H17ClO6. The summed E-state index contributed by atoms with van der Waals surface area (Å²) in [7, 11) is 1.30. The maximum atomic E-state index is 11.8. The molecule has 1 aliphatic heterocycles. The predicted molar refractivity (Wildman–Crippen MR) is 81.1 cm³/mol. The average molecular weight is 341 g/mol. The van der Waals surface area contributed by atoms with Crippen LogP contribution in [0.1, 0.15) is 41.6 Å². The third-order valence-corrected chi connectivity index (χ3v) is 4.80. The Bertz CT molecular complexity index is 676. The molecular weight excluding hydrogens is 324 g/mol. The maximum Gasteiger partial charge on any atom is 0.338 e. The van der Waals surface area contributed by atoms with Gasteiger partial charge >= 0.3 is 11.9 Å². The minimum atomic E-state index is -0.891. The van der Waals surface area contributed by atoms with E-state index in [0.29, 0.717) is 48.3 Å². The fourth-order valence-electron chi connectivity index (χ4n) is 3.14. The zero-order valence-electron chi connectivity index (χ0n) is 12.8. The molecule has 0 aromatic heterocycles. The van der Waals surface area contributed by atoms with Crippen LogP contribution in [0.2, 0.25) is 5.02 Å². The molecule has 6 nitrogen and oxygen atoms in total. The van der Waals surface area contributed by atoms with E-state index in [0.717, 1.165) is 0 Å². The van der Waals surface area contributed by atoms with Crippen LogP contribution in [-0.2, 0) is 9.53 Å². The summed E-state index contributed by atoms with van der Waals surface area (Å²) < 4.78 is 16.7. The van der Waals surface area contributed by atoms with Crippen LogP contribution in [0.5, 0.6) is 11.5 Å². The van der Waals surface area contributed by atoms with Crippen molar-refractivity contribution >= 4 is 23.5 Å². The van der Waals surface area contributed by atoms with Crippen LogP contribution in [0.25, 0.3) is 0 Å². The number of carboxylic acids is 1. The van der Waals surface area contributed by atoms with Crippen LogP contribution in [0.4, 0.5) is 0 Å². The summed E-state index contributed by atoms with van der Waals surface area (Å²) in [5.41, 5.74) is 0.935. The minimum Gasteiger partial charge on any atom is -0.481 e. The lowest BCUT2D eigenvalue weighted by atomic mass is 9.85. The van der Waals surface area contributed by atoms with Crippen molar-refractivity contribution in [3.63, 3.8) is 0 Å². The Balaban J connectivity index is 1.90. The number of esters is 1. The van der Waals surface area contributed by atoms with Crippen molar-refractivity contribution in [2.75, 3.05) is 7.11 Å². The van der Waals surface area contributed by atoms with Gasteiger partial charge in [0.1, 0.15) is 0 Å². The van der Waals surface area contributed by atoms with E-state index in [1.165, 1.54) is 13.2 Å². The Morgan fingerprint density at radius 2 is 1.91 bits per heavy atom. The zero-order valence-corrected chi connectivity index (χ0v) is 13.6. The lowest BCUT2D eigenvalue weighted by Crippen LogP contribution is -2.43. The summed E-state index contributed by atoms with van der Waals surface area (Å²) in [5, 5.41) is 9.38. The highest BCUT2D eigenvalue weighted by Crippen LogP contribution is 2.52. The number of carboxylic acid groups (broad SMARTS) is 1. The molecule has 1 N–H and O–H groups in total. The molecule has 0 bridgehead atoms. The first kappa shape index (κ1) is 15.9. The molecule has 0 atom stereocenters. The highest BCUT2D eigenvalue weighted by molar-refractivity contribution is 6.32. The first-order valence-corrected chi connectivity index (χ1v) is 7.77. The van der Waals surface area contributed by atoms with Crippen molar-refractivity contribution in [3.05, 3.63) is 22.2 Å². The van der Waals surface area contributed by atoms with Crippen molar-refractivity contribution in [2.24, 2.45) is 5.92 Å². The highest BCUT2D eigenvalue weighted by atomic mass is 35.5. The van der Waals surface area contributed by atoms with Gasteiger partial charge in [0.25, 0.3) is 5.79 Å². The van der Waals surface area contributed by atoms with E-state index in [9.17, 15) is 9.59 Å². The molecule has 0 saturated heterocycles. The molecule has 1 heterocycles. The van der Waals surface area contributed by atoms with E-state index in [-0.39, 0.29) is 10.9 Å². The average Bonchev–Trinajstić information content (AvgIpc) is 2.90. The standard InChI is InChI=1S/C16H17ClO6/c1-8-10(15(20)21-2)7-11(17)13-12(8)22-16(23-13)5-3-9(4-6-16)14(18)19/h7,9H,3-6H2,1-2H3,(H,18,19). The van der Waals surface area contributed by atoms with Crippen LogP contribution < -0.4 is 9.47 Å². The van der Waals surface area contributed by atoms with Gasteiger partial charge in [-0.1, -0.05) is 11.6 Å². The van der Waals surface area contributed by atoms with Crippen LogP contribution in [0, 0.1) is 12.8 Å². The number of carbonyl (C=O) groups excluding carboxylic acids is 1. The van der Waals surface area contributed by atoms with Gasteiger partial charge in [-0.3, -0.25) is 4.79 Å². The number of methoxy groups -OCH3 is 1. The summed E-state index contributed by atoms with van der Waals surface area (Å²) in [5.74, 6) is -1.71. The Kier molecular flexibility index (Phi) is 3.88. The zero-order chi connectivity index (χ0) is 16.8. The number of aliphatic carboxylic acids is 1. The van der Waals surface area contributed by atoms with E-state index in [1.807, 2.05) is 0 Å². The first-order chi connectivity index (χ1) is 10.9. The Morgan fingerprint density at radius 1 is 1.30 bits per heavy atom. The minimum absolute atomic E-state index is 0.281. The molecule has 1 saturated carbocycles. The molecule has 1 aliphatic carbocycles. The molecule has 23 heavy (non-hydrogen) atoms. The predicted octanol–water partition coefficient (Wildman–Crippen LogP) is 3.18. The van der Waals surface area contributed by atoms with Crippen molar-refractivity contribution in [2.45, 2.75) is 38.4 Å². The van der Waals surface area contributed by atoms with E-state index in [2.05, 4.69) is 0 Å². The second kappa shape index (κ2) is 5.60. The number of rotatable bonds is 2. The number of fused-ring (bicyclic) bond motifs is 1. The van der Waals surface area contributed by atoms with Crippen LogP contribution >= 0.6 is 11.6 Å². The maximum absolute atomic E-state index is 11.8. The monoisotopic (exact) mass is 340 g/mol. The van der Waals surface area contributed by atoms with Crippen molar-refractivity contribution in [3.8, 4) is 11.5 Å². The summed E-state index contributed by atoms with van der Waals surface area (Å²) in [6, 6.07) is 1.51. The Morgan fingerprint density at radius 3 is 2.48 bits per heavy atom. The number of hydrogen-bond donors (Lipinski definition) is 1. The van der Waals surface area contributed by atoms with Gasteiger partial charge in [-0.05, 0) is 25.8 Å². The van der Waals surface area contributed by atoms with Crippen molar-refractivity contribution in [1.29, 1.82) is 0 Å². The number of halogens is 1. The van der Waals surface area contributed by atoms with E-state index < -0.39 is 17.7 Å². The van der Waals surface area contributed by atoms with Gasteiger partial charge < -0.3 is 19.3 Å². The lowest BCUT2D eigenvalue weighted by Gasteiger charge is -2.33. The third-order valence-electron chi connectivity index (χ3n) is 4.52. The molecule has 7 heteroatoms. The largest absolute Gasteiger partial charge is 0.481 e. The smallest absolute Gasteiger partial charge is 0.338 e. The number of carbonyl (C=O) groups is 2. The van der Waals surface area contributed by atoms with E-state index >= 15 is 0 Å². The Labute approximate surface area is 138 Å². The molecule has 0 unspecified atom stereocenters. The third kappa shape index (κ3) is 2.61. The fourth-order valence-corrected chi connectivity index (χ4v) is 3.38. The first-order valence-electron chi connectivity index (χ1n) is 7.39. The second-order valence-corrected chi connectivity index (χ2v) is 6.32. The highest BCUT2D eigenvalue weighted by Gasteiger charge is 2.47. The van der Waals surface area contributed by atoms with Gasteiger partial charge in [0.2, 0.25) is 0 Å². The van der Waals surface area contributed by atoms with Gasteiger partial charge in [-0.2, -0.15) is 0 Å². The molecule has 0 radical (unpaired) electrons. The number of ether oxygens (including phenoxy) is 3. The SMILES string of the molecule is COC(=O)c1cc(Cl)c2c(c1C)OC1(CCC(C(=O)O)CC1)O2. The van der Waals surface area contributed by atoms with Gasteiger partial charge in [-0.25, -0.2) is 4.79 Å². The topological polar surface area (TPSA) is 82.1 Å². The summed E-state index contributed by atoms with van der Waals surface area (Å²) >= 11 is 6.22. The van der Waals surface area contributed by atoms with Crippen LogP contribution in [-0.4, -0.2) is 29.9 Å². The molecule has 0 amide bonds. The van der Waals surface area contributed by atoms with Crippen molar-refractivity contribution < 1.29 is 28.9 Å². The molecule has 3 rings (SSSR count). The lowest BCUT2D eigenvalue weighted by molar-refractivity contribution is -0.150. The molecule has 1 spiro atoms. The van der Waals surface area contributed by atoms with Gasteiger partial charge in [0.05, 0.1) is 23.6 Å². The summed E-state index contributed by atoms with van der Waals surface area (Å²) in [6.07, 6.45) is 1.87. The van der Waals surface area contributed by atoms with Gasteiger partial charge in [0, 0.05) is 18.4 Å². The van der Waals surface area contributed by atoms with Gasteiger partial charge in [-0.15, -0.1) is 0 Å². The number of hydrogen-bond acceptors (Lipinski definition) is 5. The van der Waals surface area contributed by atoms with Gasteiger partial charge in [0.15, 0.2) is 11.5 Å². The van der Waals surface area contributed by atoms with E-state index in [1.54, 1.807) is 6.92 Å². The summed E-state index contributed by atoms with van der Waals surface area (Å²) in [6.45, 7) is 1.74. The summed E-state index contributed by atoms with van der Waals surface area (Å²) in [4.78, 5) is 22.9. The second-order valence-electron chi connectivity index (χ2n) is 5.91. The normalized spacial score (nSPS) is 25.4. The van der Waals surface area contributed by atoms with Crippen LogP contribution in [0.15, 0.2) is 6.07 Å². The fraction of sp³-hybridized carbons (Fsp3) is 0.500. The number of benzene rings is 1. The molecule has 2 aliphatic rings. The molecule has 1 fully saturated rings. The quantitative estimate of drug-likeness (QED) is 0.833.